The van der Waals surface area contributed by atoms with Gasteiger partial charge < -0.3 is 33.8 Å². The van der Waals surface area contributed by atoms with Gasteiger partial charge in [-0.05, 0) is 122 Å². The monoisotopic (exact) mass is 1340 g/mol. The summed E-state index contributed by atoms with van der Waals surface area (Å²) in [6.07, 6.45) is 61.1. The Morgan fingerprint density at radius 1 is 0.293 bits per heavy atom. The Labute approximate surface area is 559 Å². The number of rotatable bonds is 70. The van der Waals surface area contributed by atoms with Crippen molar-refractivity contribution in [1.82, 2.24) is 0 Å². The van der Waals surface area contributed by atoms with Gasteiger partial charge in [-0.3, -0.25) is 37.3 Å². The van der Waals surface area contributed by atoms with E-state index in [0.717, 1.165) is 154 Å². The van der Waals surface area contributed by atoms with Crippen molar-refractivity contribution in [2.75, 3.05) is 39.6 Å². The van der Waals surface area contributed by atoms with E-state index in [1.165, 1.54) is 103 Å². The van der Waals surface area contributed by atoms with Crippen LogP contribution in [0.2, 0.25) is 0 Å². The molecule has 0 rings (SSSR count). The lowest BCUT2D eigenvalue weighted by molar-refractivity contribution is -0.161. The smallest absolute Gasteiger partial charge is 0.462 e. The largest absolute Gasteiger partial charge is 0.472 e. The number of aliphatic hydroxyl groups excluding tert-OH is 1. The van der Waals surface area contributed by atoms with Gasteiger partial charge in [0.2, 0.25) is 0 Å². The number of unbranched alkanes of at least 4 members (excludes halogenated alkanes) is 36. The van der Waals surface area contributed by atoms with Gasteiger partial charge in [0.05, 0.1) is 26.4 Å². The van der Waals surface area contributed by atoms with Crippen molar-refractivity contribution in [2.45, 2.75) is 354 Å². The molecule has 0 saturated heterocycles. The molecule has 0 aromatic heterocycles. The highest BCUT2D eigenvalue weighted by molar-refractivity contribution is 7.47. The summed E-state index contributed by atoms with van der Waals surface area (Å²) in [6.45, 7) is 4.79. The van der Waals surface area contributed by atoms with Crippen molar-refractivity contribution in [3.05, 3.63) is 48.6 Å². The van der Waals surface area contributed by atoms with Crippen LogP contribution in [0.15, 0.2) is 48.6 Å². The Kier molecular flexibility index (Phi) is 64.5. The first kappa shape index (κ1) is 89.0. The average Bonchev–Trinajstić information content (AvgIpc) is 3.74. The number of hydrogen-bond acceptors (Lipinski definition) is 15. The van der Waals surface area contributed by atoms with Gasteiger partial charge in [-0.2, -0.15) is 0 Å². The Hall–Kier alpha value is -2.98. The maximum Gasteiger partial charge on any atom is 0.472 e. The van der Waals surface area contributed by atoms with Gasteiger partial charge in [0.15, 0.2) is 12.2 Å². The molecule has 17 nitrogen and oxygen atoms in total. The van der Waals surface area contributed by atoms with E-state index in [0.29, 0.717) is 25.7 Å². The van der Waals surface area contributed by atoms with Crippen molar-refractivity contribution in [1.29, 1.82) is 0 Å². The standard InChI is InChI=1S/C73H134O17P2/c1-5-9-13-17-21-25-29-32-33-36-39-42-46-50-54-58-71(76)84-63-68(89-72(77)59-55-51-47-43-37-28-24-20-16-12-8-4)65-87-91(79,80)85-61-67(74)62-86-92(81,82)88-66-69(90-73(78)60-56-52-48-44-40-35-31-27-23-19-15-11-7-3)64-83-70(75)57-53-49-45-41-38-34-30-26-22-18-14-10-6-2/h20,24,26-27,30-33,67-69,74H,5-19,21-23,25,28-29,34-66H2,1-4H3,(H,79,80)(H,81,82)/b24-20-,30-26-,31-27-,33-32-. The van der Waals surface area contributed by atoms with E-state index in [-0.39, 0.29) is 25.7 Å². The summed E-state index contributed by atoms with van der Waals surface area (Å²) in [5.41, 5.74) is 0. The zero-order valence-electron chi connectivity index (χ0n) is 58.5. The lowest BCUT2D eigenvalue weighted by atomic mass is 10.1. The maximum absolute atomic E-state index is 13.0. The first-order chi connectivity index (χ1) is 44.7. The quantitative estimate of drug-likeness (QED) is 0.0169. The zero-order valence-corrected chi connectivity index (χ0v) is 60.3. The molecule has 0 aromatic rings. The van der Waals surface area contributed by atoms with Crippen LogP contribution >= 0.6 is 15.6 Å². The topological polar surface area (TPSA) is 237 Å². The summed E-state index contributed by atoms with van der Waals surface area (Å²) in [5, 5.41) is 10.6. The lowest BCUT2D eigenvalue weighted by Gasteiger charge is -2.21. The number of ether oxygens (including phenoxy) is 4. The van der Waals surface area contributed by atoms with Crippen LogP contribution in [0.3, 0.4) is 0 Å². The number of hydrogen-bond donors (Lipinski definition) is 3. The van der Waals surface area contributed by atoms with Crippen molar-refractivity contribution < 1.29 is 80.2 Å². The molecule has 0 bridgehead atoms. The summed E-state index contributed by atoms with van der Waals surface area (Å²) < 4.78 is 68.3. The van der Waals surface area contributed by atoms with E-state index in [1.54, 1.807) is 0 Å². The van der Waals surface area contributed by atoms with Crippen molar-refractivity contribution in [2.24, 2.45) is 0 Å². The molecule has 0 aliphatic heterocycles. The summed E-state index contributed by atoms with van der Waals surface area (Å²) in [6, 6.07) is 0. The second-order valence-electron chi connectivity index (χ2n) is 24.9. The first-order valence-corrected chi connectivity index (χ1v) is 39.9. The number of aliphatic hydroxyl groups is 1. The Bertz CT molecular complexity index is 1940. The molecule has 0 spiro atoms. The Morgan fingerprint density at radius 2 is 0.511 bits per heavy atom. The van der Waals surface area contributed by atoms with E-state index in [1.807, 2.05) is 0 Å². The maximum atomic E-state index is 13.0. The van der Waals surface area contributed by atoms with E-state index >= 15 is 0 Å². The summed E-state index contributed by atoms with van der Waals surface area (Å²) in [5.74, 6) is -2.19. The fourth-order valence-corrected chi connectivity index (χ4v) is 11.6. The van der Waals surface area contributed by atoms with Gasteiger partial charge in [-0.15, -0.1) is 0 Å². The number of esters is 4. The van der Waals surface area contributed by atoms with Gasteiger partial charge in [0, 0.05) is 25.7 Å². The minimum atomic E-state index is -4.96. The van der Waals surface area contributed by atoms with Crippen LogP contribution in [0, 0.1) is 0 Å². The van der Waals surface area contributed by atoms with Crippen LogP contribution < -0.4 is 0 Å². The van der Waals surface area contributed by atoms with Crippen LogP contribution in [-0.4, -0.2) is 96.7 Å². The molecule has 3 N–H and O–H groups in total. The fraction of sp³-hybridized carbons (Fsp3) is 0.836. The third kappa shape index (κ3) is 65.7. The molecule has 0 saturated carbocycles. The third-order valence-corrected chi connectivity index (χ3v) is 17.6. The van der Waals surface area contributed by atoms with Crippen LogP contribution in [0.25, 0.3) is 0 Å². The molecule has 0 aliphatic carbocycles. The molecule has 0 fully saturated rings. The van der Waals surface area contributed by atoms with Crippen molar-refractivity contribution in [3.63, 3.8) is 0 Å². The molecule has 0 amide bonds. The molecule has 538 valence electrons. The minimum Gasteiger partial charge on any atom is -0.462 e. The average molecular weight is 1350 g/mol. The summed E-state index contributed by atoms with van der Waals surface area (Å²) >= 11 is 0. The molecule has 19 heteroatoms. The highest BCUT2D eigenvalue weighted by Gasteiger charge is 2.30. The van der Waals surface area contributed by atoms with E-state index in [9.17, 15) is 43.2 Å². The SMILES string of the molecule is CCCC/C=C\CCCCCCCC(=O)OC(COC(=O)CCCCCCC/C=C\CCCCCCCC)COP(=O)(O)OCC(O)COP(=O)(O)OCC(COC(=O)CCCCCCC/C=C\CCCCCC)OC(=O)CCCCCCC/C=C\CCCCCC. The number of phosphoric ester groups is 2. The molecule has 0 aliphatic rings. The molecular formula is C73H134O17P2. The molecule has 0 radical (unpaired) electrons. The Morgan fingerprint density at radius 3 is 0.793 bits per heavy atom. The van der Waals surface area contributed by atoms with E-state index < -0.39 is 97.5 Å². The van der Waals surface area contributed by atoms with E-state index in [4.69, 9.17) is 37.0 Å². The van der Waals surface area contributed by atoms with Gasteiger partial charge in [0.25, 0.3) is 0 Å². The highest BCUT2D eigenvalue weighted by atomic mass is 31.2. The van der Waals surface area contributed by atoms with E-state index in [2.05, 4.69) is 76.3 Å². The predicted octanol–water partition coefficient (Wildman–Crippen LogP) is 20.6. The van der Waals surface area contributed by atoms with Crippen LogP contribution in [0.1, 0.15) is 336 Å². The summed E-state index contributed by atoms with van der Waals surface area (Å²) in [7, 11) is -9.93. The second kappa shape index (κ2) is 66.6. The van der Waals surface area contributed by atoms with Gasteiger partial charge in [0.1, 0.15) is 19.3 Å². The molecule has 0 aromatic carbocycles. The van der Waals surface area contributed by atoms with Crippen LogP contribution in [0.4, 0.5) is 0 Å². The van der Waals surface area contributed by atoms with Crippen molar-refractivity contribution in [3.8, 4) is 0 Å². The fourth-order valence-electron chi connectivity index (χ4n) is 10.0. The molecule has 92 heavy (non-hydrogen) atoms. The molecule has 5 unspecified atom stereocenters. The highest BCUT2D eigenvalue weighted by Crippen LogP contribution is 2.45. The molecular weight excluding hydrogens is 1210 g/mol. The number of carbonyl (C=O) groups is 4. The molecule has 0 heterocycles. The van der Waals surface area contributed by atoms with Gasteiger partial charge >= 0.3 is 39.5 Å². The zero-order chi connectivity index (χ0) is 67.5. The number of carbonyl (C=O) groups excluding carboxylic acids is 4. The summed E-state index contributed by atoms with van der Waals surface area (Å²) in [4.78, 5) is 72.6. The van der Waals surface area contributed by atoms with Gasteiger partial charge in [-0.25, -0.2) is 9.13 Å². The number of allylic oxidation sites excluding steroid dienone is 8. The molecule has 5 atom stereocenters. The normalized spacial score (nSPS) is 14.3. The lowest BCUT2D eigenvalue weighted by Crippen LogP contribution is -2.30. The van der Waals surface area contributed by atoms with Gasteiger partial charge in [-0.1, -0.05) is 237 Å². The number of phosphoric acid groups is 2. The van der Waals surface area contributed by atoms with Crippen LogP contribution in [-0.2, 0) is 65.4 Å². The second-order valence-corrected chi connectivity index (χ2v) is 27.8. The predicted molar refractivity (Wildman–Crippen MR) is 372 cm³/mol. The van der Waals surface area contributed by atoms with Crippen LogP contribution in [0.5, 0.6) is 0 Å². The first-order valence-electron chi connectivity index (χ1n) is 36.9. The Balaban J connectivity index is 5.30. The van der Waals surface area contributed by atoms with Crippen molar-refractivity contribution >= 4 is 39.5 Å². The third-order valence-electron chi connectivity index (χ3n) is 15.7. The minimum absolute atomic E-state index is 0.0871.